The maximum absolute atomic E-state index is 12.4. The largest absolute Gasteiger partial charge is 1.00 e. The van der Waals surface area contributed by atoms with Gasteiger partial charge < -0.3 is 18.7 Å². The van der Waals surface area contributed by atoms with Crippen molar-refractivity contribution in [1.29, 1.82) is 0 Å². The van der Waals surface area contributed by atoms with Gasteiger partial charge in [-0.05, 0) is 13.0 Å². The molecule has 2 N–H and O–H groups in total. The monoisotopic (exact) mass is 241 g/mol. The summed E-state index contributed by atoms with van der Waals surface area (Å²) in [6, 6.07) is 3.31. The Labute approximate surface area is 128 Å². The predicted octanol–water partition coefficient (Wildman–Crippen LogP) is -1.85. The minimum Gasteiger partial charge on any atom is -0.445 e. The van der Waals surface area contributed by atoms with Crippen LogP contribution in [0.4, 0.5) is 12.9 Å². The number of hydrogen-bond acceptors (Lipinski definition) is 1. The van der Waals surface area contributed by atoms with Crippen LogP contribution in [0.2, 0.25) is 0 Å². The van der Waals surface area contributed by atoms with E-state index in [1.54, 1.807) is 0 Å². The SMILES string of the molecule is Cc1ccc(C(N)=O)cc1[B-](F)(F)F.[K+]. The Bertz CT molecular complexity index is 381. The van der Waals surface area contributed by atoms with Gasteiger partial charge in [0.25, 0.3) is 0 Å². The fourth-order valence-corrected chi connectivity index (χ4v) is 1.15. The van der Waals surface area contributed by atoms with Crippen LogP contribution in [0, 0.1) is 6.92 Å². The van der Waals surface area contributed by atoms with E-state index < -0.39 is 18.3 Å². The summed E-state index contributed by atoms with van der Waals surface area (Å²) in [5.41, 5.74) is 4.09. The van der Waals surface area contributed by atoms with Gasteiger partial charge in [-0.15, -0.1) is 5.46 Å². The quantitative estimate of drug-likeness (QED) is 0.607. The molecule has 0 radical (unpaired) electrons. The number of carbonyl (C=O) groups excluding carboxylic acids is 1. The summed E-state index contributed by atoms with van der Waals surface area (Å²) >= 11 is 0. The third-order valence-corrected chi connectivity index (χ3v) is 1.92. The molecule has 76 valence electrons. The first-order valence-corrected chi connectivity index (χ1v) is 3.92. The molecule has 0 saturated carbocycles. The molecule has 7 heteroatoms. The van der Waals surface area contributed by atoms with Crippen LogP contribution in [-0.2, 0) is 0 Å². The topological polar surface area (TPSA) is 43.1 Å². The van der Waals surface area contributed by atoms with Crippen molar-refractivity contribution in [2.75, 3.05) is 0 Å². The van der Waals surface area contributed by atoms with Crippen molar-refractivity contribution in [2.45, 2.75) is 6.92 Å². The van der Waals surface area contributed by atoms with Crippen LogP contribution in [-0.4, -0.2) is 12.9 Å². The average molecular weight is 241 g/mol. The van der Waals surface area contributed by atoms with Crippen LogP contribution in [0.5, 0.6) is 0 Å². The van der Waals surface area contributed by atoms with Gasteiger partial charge in [-0.25, -0.2) is 0 Å². The summed E-state index contributed by atoms with van der Waals surface area (Å²) in [5.74, 6) is -0.855. The Hall–Kier alpha value is 0.181. The second kappa shape index (κ2) is 5.49. The zero-order valence-corrected chi connectivity index (χ0v) is 11.6. The molecule has 1 aromatic rings. The van der Waals surface area contributed by atoms with Crippen molar-refractivity contribution in [1.82, 2.24) is 0 Å². The van der Waals surface area contributed by atoms with Crippen LogP contribution in [0.1, 0.15) is 15.9 Å². The Morgan fingerprint density at radius 2 is 1.87 bits per heavy atom. The van der Waals surface area contributed by atoms with E-state index in [2.05, 4.69) is 0 Å². The number of benzene rings is 1. The first-order valence-electron chi connectivity index (χ1n) is 3.92. The van der Waals surface area contributed by atoms with Crippen molar-refractivity contribution in [2.24, 2.45) is 5.73 Å². The number of rotatable bonds is 2. The fourth-order valence-electron chi connectivity index (χ4n) is 1.15. The van der Waals surface area contributed by atoms with E-state index in [4.69, 9.17) is 5.73 Å². The van der Waals surface area contributed by atoms with E-state index in [9.17, 15) is 17.7 Å². The van der Waals surface area contributed by atoms with Crippen molar-refractivity contribution in [3.63, 3.8) is 0 Å². The number of primary amides is 1. The number of nitrogens with two attached hydrogens (primary N) is 1. The summed E-state index contributed by atoms with van der Waals surface area (Å²) in [7, 11) is 0. The molecule has 0 aliphatic rings. The molecular formula is C8H8BF3KNO. The number of hydrogen-bond donors (Lipinski definition) is 1. The first kappa shape index (κ1) is 15.2. The smallest absolute Gasteiger partial charge is 0.445 e. The molecule has 0 atom stereocenters. The van der Waals surface area contributed by atoms with E-state index in [-0.39, 0.29) is 62.5 Å². The molecule has 0 saturated heterocycles. The van der Waals surface area contributed by atoms with Crippen molar-refractivity contribution >= 4 is 18.3 Å². The molecule has 0 fully saturated rings. The van der Waals surface area contributed by atoms with Crippen LogP contribution < -0.4 is 62.6 Å². The van der Waals surface area contributed by atoms with Gasteiger partial charge in [-0.1, -0.05) is 17.7 Å². The van der Waals surface area contributed by atoms with Crippen LogP contribution in [0.15, 0.2) is 18.2 Å². The van der Waals surface area contributed by atoms with Gasteiger partial charge in [0.05, 0.1) is 0 Å². The number of aryl methyl sites for hydroxylation is 1. The molecule has 0 bridgehead atoms. The number of halogens is 3. The van der Waals surface area contributed by atoms with E-state index in [1.165, 1.54) is 19.1 Å². The minimum absolute atomic E-state index is 0. The Morgan fingerprint density at radius 3 is 2.27 bits per heavy atom. The van der Waals surface area contributed by atoms with Gasteiger partial charge in [0.1, 0.15) is 0 Å². The molecular weight excluding hydrogens is 233 g/mol. The molecule has 0 heterocycles. The molecule has 0 aliphatic carbocycles. The zero-order valence-electron chi connectivity index (χ0n) is 8.43. The van der Waals surface area contributed by atoms with Crippen molar-refractivity contribution in [3.05, 3.63) is 29.3 Å². The summed E-state index contributed by atoms with van der Waals surface area (Å²) in [6.07, 6.45) is 0. The van der Waals surface area contributed by atoms with E-state index in [1.807, 2.05) is 0 Å². The van der Waals surface area contributed by atoms with Crippen molar-refractivity contribution in [3.8, 4) is 0 Å². The molecule has 1 rings (SSSR count). The summed E-state index contributed by atoms with van der Waals surface area (Å²) in [4.78, 5) is 10.7. The van der Waals surface area contributed by atoms with E-state index in [0.717, 1.165) is 6.07 Å². The molecule has 0 aromatic heterocycles. The van der Waals surface area contributed by atoms with Gasteiger partial charge in [0, 0.05) is 5.56 Å². The first-order chi connectivity index (χ1) is 6.32. The van der Waals surface area contributed by atoms with Gasteiger partial charge in [-0.3, -0.25) is 4.79 Å². The molecule has 0 unspecified atom stereocenters. The van der Waals surface area contributed by atoms with Gasteiger partial charge in [-0.2, -0.15) is 0 Å². The van der Waals surface area contributed by atoms with Gasteiger partial charge in [0.15, 0.2) is 0 Å². The summed E-state index contributed by atoms with van der Waals surface area (Å²) in [5, 5.41) is 0. The van der Waals surface area contributed by atoms with Crippen LogP contribution in [0.25, 0.3) is 0 Å². The third-order valence-electron chi connectivity index (χ3n) is 1.92. The molecule has 1 amide bonds. The summed E-state index contributed by atoms with van der Waals surface area (Å²) < 4.78 is 37.2. The van der Waals surface area contributed by atoms with E-state index >= 15 is 0 Å². The van der Waals surface area contributed by atoms with Gasteiger partial charge >= 0.3 is 58.4 Å². The number of amides is 1. The maximum Gasteiger partial charge on any atom is 1.00 e. The molecule has 0 aliphatic heterocycles. The van der Waals surface area contributed by atoms with Crippen LogP contribution in [0.3, 0.4) is 0 Å². The Kier molecular flexibility index (Phi) is 5.56. The molecule has 15 heavy (non-hydrogen) atoms. The normalized spacial score (nSPS) is 10.7. The average Bonchev–Trinajstić information content (AvgIpc) is 2.02. The fraction of sp³-hybridized carbons (Fsp3) is 0.125. The second-order valence-corrected chi connectivity index (χ2v) is 3.01. The number of carbonyl (C=O) groups is 1. The van der Waals surface area contributed by atoms with Crippen LogP contribution >= 0.6 is 0 Å². The third kappa shape index (κ3) is 3.92. The minimum atomic E-state index is -5.09. The molecule has 2 nitrogen and oxygen atoms in total. The Morgan fingerprint density at radius 1 is 1.33 bits per heavy atom. The zero-order chi connectivity index (χ0) is 10.9. The van der Waals surface area contributed by atoms with Crippen molar-refractivity contribution < 1.29 is 69.1 Å². The second-order valence-electron chi connectivity index (χ2n) is 3.01. The molecule has 0 spiro atoms. The molecule has 1 aromatic carbocycles. The summed E-state index contributed by atoms with van der Waals surface area (Å²) in [6.45, 7) is -3.74. The Balaban J connectivity index is 0.00000196. The predicted molar refractivity (Wildman–Crippen MR) is 48.4 cm³/mol. The van der Waals surface area contributed by atoms with Gasteiger partial charge in [0.2, 0.25) is 5.91 Å². The maximum atomic E-state index is 12.4. The standard InChI is InChI=1S/C8H8BF3NO.K/c1-5-2-3-6(8(13)14)4-7(5)9(10,11)12;/h2-4H,1H3,(H2,13,14);/q-1;+1. The van der Waals surface area contributed by atoms with E-state index in [0.29, 0.717) is 0 Å².